The molecular weight excluding hydrogens is 830 g/mol. The zero-order valence-electron chi connectivity index (χ0n) is 37.4. The Morgan fingerprint density at radius 1 is 1.03 bits per heavy atom. The Morgan fingerprint density at radius 2 is 1.71 bits per heavy atom. The lowest BCUT2D eigenvalue weighted by molar-refractivity contribution is -0.345. The summed E-state index contributed by atoms with van der Waals surface area (Å²) in [5.74, 6) is -4.05. The van der Waals surface area contributed by atoms with Crippen LogP contribution in [0.2, 0.25) is 0 Å². The number of aliphatic hydroxyl groups excluding tert-OH is 1. The molecule has 3 aliphatic heterocycles. The summed E-state index contributed by atoms with van der Waals surface area (Å²) in [4.78, 5) is 56.4. The molecule has 2 saturated carbocycles. The molecular formula is C45H62F2N2O14. The fraction of sp³-hybridized carbons (Fsp3) is 0.733. The first-order valence-corrected chi connectivity index (χ1v) is 21.7. The lowest BCUT2D eigenvalue weighted by Gasteiger charge is -2.68. The Bertz CT molecular complexity index is 1970. The van der Waals surface area contributed by atoms with E-state index in [1.165, 1.54) is 27.7 Å². The van der Waals surface area contributed by atoms with Crippen LogP contribution in [0.4, 0.5) is 13.6 Å². The topological polar surface area (TPSA) is 209 Å². The van der Waals surface area contributed by atoms with E-state index < -0.39 is 119 Å². The number of halogens is 2. The molecule has 0 radical (unpaired) electrons. The van der Waals surface area contributed by atoms with Crippen LogP contribution in [-0.4, -0.2) is 148 Å². The van der Waals surface area contributed by atoms with E-state index in [0.29, 0.717) is 30.5 Å². The first-order valence-electron chi connectivity index (χ1n) is 21.7. The number of carbonyl (C=O) groups is 4. The van der Waals surface area contributed by atoms with Crippen LogP contribution >= 0.6 is 0 Å². The van der Waals surface area contributed by atoms with Crippen LogP contribution in [-0.2, 0) is 42.7 Å². The van der Waals surface area contributed by atoms with Gasteiger partial charge in [0.2, 0.25) is 0 Å². The number of benzene rings is 1. The molecule has 1 amide bonds. The van der Waals surface area contributed by atoms with Gasteiger partial charge in [-0.2, -0.15) is 0 Å². The van der Waals surface area contributed by atoms with E-state index in [9.17, 15) is 43.3 Å². The Morgan fingerprint density at radius 3 is 2.27 bits per heavy atom. The lowest BCUT2D eigenvalue weighted by atomic mass is 9.45. The van der Waals surface area contributed by atoms with E-state index in [2.05, 4.69) is 0 Å². The van der Waals surface area contributed by atoms with Crippen molar-refractivity contribution in [3.05, 3.63) is 47.0 Å². The van der Waals surface area contributed by atoms with Gasteiger partial charge in [0.05, 0.1) is 30.8 Å². The van der Waals surface area contributed by atoms with E-state index in [1.54, 1.807) is 51.1 Å². The number of amides is 1. The van der Waals surface area contributed by atoms with Crippen molar-refractivity contribution in [1.29, 1.82) is 0 Å². The van der Waals surface area contributed by atoms with Gasteiger partial charge < -0.3 is 53.8 Å². The third-order valence-corrected chi connectivity index (χ3v) is 14.6. The van der Waals surface area contributed by atoms with Crippen LogP contribution < -0.4 is 5.32 Å². The van der Waals surface area contributed by atoms with Crippen LogP contribution in [0.25, 0.3) is 0 Å². The van der Waals surface area contributed by atoms with Crippen molar-refractivity contribution < 1.29 is 76.4 Å². The van der Waals surface area contributed by atoms with Gasteiger partial charge in [-0.15, -0.1) is 0 Å². The summed E-state index contributed by atoms with van der Waals surface area (Å²) in [7, 11) is 0. The molecule has 13 atom stereocenters. The highest BCUT2D eigenvalue weighted by Crippen LogP contribution is 2.66. The predicted molar refractivity (Wildman–Crippen MR) is 217 cm³/mol. The zero-order valence-corrected chi connectivity index (χ0v) is 37.4. The Labute approximate surface area is 365 Å². The highest BCUT2D eigenvalue weighted by Gasteiger charge is 2.77. The smallest absolute Gasteiger partial charge is 0.408 e. The number of hydrogen-bond acceptors (Lipinski definition) is 15. The number of likely N-dealkylation sites (tertiary alicyclic amines) is 1. The number of ether oxygens (including phenoxy) is 7. The molecule has 7 rings (SSSR count). The first-order chi connectivity index (χ1) is 29.3. The SMILES string of the molecule is CC(=O)O[C@@]12CO[C@@H]1CC[C@@]1(C)[C@@H]3O[C@H](CN4CC[C@H]4CO)O[C@@H]3C3=C(C)[C@@H](OC(=O)[C@](C)(O)[C@@H](NC(=O)OC(C)(C)C)C(F)F)C[C@@](O)([C@@H](OC(=O)c4ccccc4)[C@@H]12)C3(C)C. The third-order valence-electron chi connectivity index (χ3n) is 14.6. The minimum atomic E-state index is -3.47. The Balaban J connectivity index is 1.38. The van der Waals surface area contributed by atoms with Gasteiger partial charge >= 0.3 is 24.0 Å². The summed E-state index contributed by atoms with van der Waals surface area (Å²) in [6.07, 6.45) is -10.1. The maximum atomic E-state index is 14.7. The number of hydrogen-bond donors (Lipinski definition) is 4. The third kappa shape index (κ3) is 8.05. The molecule has 2 bridgehead atoms. The second-order valence-electron chi connectivity index (χ2n) is 20.1. The number of esters is 3. The second kappa shape index (κ2) is 16.6. The fourth-order valence-electron chi connectivity index (χ4n) is 11.2. The van der Waals surface area contributed by atoms with Crippen molar-refractivity contribution in [3.63, 3.8) is 0 Å². The molecule has 350 valence electrons. The van der Waals surface area contributed by atoms with E-state index in [0.717, 1.165) is 13.3 Å². The largest absolute Gasteiger partial charge is 0.456 e. The van der Waals surface area contributed by atoms with Crippen LogP contribution in [0.15, 0.2) is 41.5 Å². The monoisotopic (exact) mass is 892 g/mol. The summed E-state index contributed by atoms with van der Waals surface area (Å²) in [5, 5.41) is 37.3. The van der Waals surface area contributed by atoms with Gasteiger partial charge in [-0.1, -0.05) is 39.0 Å². The molecule has 1 aromatic rings. The van der Waals surface area contributed by atoms with Crippen LogP contribution in [0, 0.1) is 16.7 Å². The minimum Gasteiger partial charge on any atom is -0.456 e. The number of nitrogens with one attached hydrogen (secondary N) is 1. The van der Waals surface area contributed by atoms with Crippen LogP contribution in [0.3, 0.4) is 0 Å². The van der Waals surface area contributed by atoms with E-state index in [4.69, 9.17) is 33.2 Å². The number of rotatable bonds is 11. The molecule has 3 saturated heterocycles. The van der Waals surface area contributed by atoms with Crippen molar-refractivity contribution in [2.24, 2.45) is 16.7 Å². The Kier molecular flexibility index (Phi) is 12.4. The van der Waals surface area contributed by atoms with Gasteiger partial charge in [0.1, 0.15) is 41.7 Å². The molecule has 5 fully saturated rings. The summed E-state index contributed by atoms with van der Waals surface area (Å²) in [6.45, 7) is 14.4. The van der Waals surface area contributed by atoms with Gasteiger partial charge in [-0.05, 0) is 77.2 Å². The van der Waals surface area contributed by atoms with Crippen molar-refractivity contribution in [2.75, 3.05) is 26.3 Å². The van der Waals surface area contributed by atoms with Crippen LogP contribution in [0.1, 0.15) is 98.4 Å². The molecule has 3 aliphatic carbocycles. The summed E-state index contributed by atoms with van der Waals surface area (Å²) < 4.78 is 73.3. The fourth-order valence-corrected chi connectivity index (χ4v) is 11.2. The molecule has 4 N–H and O–H groups in total. The van der Waals surface area contributed by atoms with Crippen molar-refractivity contribution >= 4 is 24.0 Å². The zero-order chi connectivity index (χ0) is 46.2. The molecule has 16 nitrogen and oxygen atoms in total. The van der Waals surface area contributed by atoms with Gasteiger partial charge in [0.25, 0.3) is 6.43 Å². The maximum Gasteiger partial charge on any atom is 0.408 e. The lowest BCUT2D eigenvalue weighted by Crippen LogP contribution is -2.79. The number of alkyl carbamates (subject to hydrolysis) is 1. The molecule has 0 aromatic heterocycles. The molecule has 0 spiro atoms. The van der Waals surface area contributed by atoms with E-state index in [1.807, 2.05) is 17.1 Å². The van der Waals surface area contributed by atoms with Gasteiger partial charge in [0.15, 0.2) is 17.5 Å². The number of carbonyl (C=O) groups excluding carboxylic acids is 4. The predicted octanol–water partition coefficient (Wildman–Crippen LogP) is 3.82. The Hall–Kier alpha value is -3.78. The average molecular weight is 893 g/mol. The molecule has 6 aliphatic rings. The molecule has 18 heteroatoms. The number of aliphatic hydroxyl groups is 3. The van der Waals surface area contributed by atoms with Crippen molar-refractivity contribution in [2.45, 2.75) is 166 Å². The van der Waals surface area contributed by atoms with Gasteiger partial charge in [-0.25, -0.2) is 23.2 Å². The normalized spacial score (nSPS) is 37.3. The van der Waals surface area contributed by atoms with Crippen LogP contribution in [0.5, 0.6) is 0 Å². The average Bonchev–Trinajstić information content (AvgIpc) is 3.59. The number of nitrogens with zero attached hydrogens (tertiary/aromatic N) is 1. The summed E-state index contributed by atoms with van der Waals surface area (Å²) >= 11 is 0. The van der Waals surface area contributed by atoms with Gasteiger partial charge in [0, 0.05) is 43.3 Å². The maximum absolute atomic E-state index is 14.7. The highest BCUT2D eigenvalue weighted by molar-refractivity contribution is 5.89. The molecule has 0 unspecified atom stereocenters. The summed E-state index contributed by atoms with van der Waals surface area (Å²) in [5.41, 5.74) is -9.38. The first kappa shape index (κ1) is 47.2. The summed E-state index contributed by atoms with van der Waals surface area (Å²) in [6, 6.07) is 5.52. The highest BCUT2D eigenvalue weighted by atomic mass is 19.3. The van der Waals surface area contributed by atoms with Gasteiger partial charge in [-0.3, -0.25) is 9.69 Å². The number of fused-ring (bicyclic) bond motifs is 8. The molecule has 1 aromatic carbocycles. The second-order valence-corrected chi connectivity index (χ2v) is 20.1. The van der Waals surface area contributed by atoms with E-state index >= 15 is 0 Å². The van der Waals surface area contributed by atoms with Crippen molar-refractivity contribution in [1.82, 2.24) is 10.2 Å². The van der Waals surface area contributed by atoms with E-state index in [-0.39, 0.29) is 31.4 Å². The molecule has 63 heavy (non-hydrogen) atoms. The number of alkyl halides is 2. The minimum absolute atomic E-state index is 0.0685. The standard InChI is InChI=1S/C45H62F2N2O14/c1-23-27(58-38(53)43(9,55)33(36(46)47)48-39(54)63-40(3,4)5)19-45(56)35(61-37(52)25-13-11-10-12-14-25)32-42(8,17-15-28-44(32,22-57-28)62-24(2)51)34-31(30(23)41(45,6)7)59-29(60-34)20-49-18-16-26(49)21-50/h10-14,26-29,31-36,50,55-56H,15-22H2,1-9H3,(H,48,54)/t26-,27-,28+,29+,31+,32-,33-,34+,35-,42+,43+,44-,45+/m0/s1. The van der Waals surface area contributed by atoms with Crippen molar-refractivity contribution in [3.8, 4) is 0 Å². The quantitative estimate of drug-likeness (QED) is 0.142. The molecule has 3 heterocycles.